The first kappa shape index (κ1) is 16.5. The molecule has 5 heteroatoms. The first-order valence-electron chi connectivity index (χ1n) is 7.70. The van der Waals surface area contributed by atoms with Crippen molar-refractivity contribution in [2.24, 2.45) is 0 Å². The topological polar surface area (TPSA) is 61.8 Å². The number of amides is 1. The van der Waals surface area contributed by atoms with E-state index < -0.39 is 6.09 Å². The van der Waals surface area contributed by atoms with Gasteiger partial charge in [-0.25, -0.2) is 4.79 Å². The zero-order valence-corrected chi connectivity index (χ0v) is 12.9. The summed E-state index contributed by atoms with van der Waals surface area (Å²) in [6.45, 7) is 3.65. The van der Waals surface area contributed by atoms with Gasteiger partial charge in [0, 0.05) is 25.6 Å². The Morgan fingerprint density at radius 3 is 2.91 bits per heavy atom. The molecule has 0 aliphatic carbocycles. The minimum atomic E-state index is -0.910. The summed E-state index contributed by atoms with van der Waals surface area (Å²) in [5, 5.41) is 12.8. The highest BCUT2D eigenvalue weighted by Crippen LogP contribution is 2.19. The number of nitrogens with one attached hydrogen (secondary N) is 1. The normalized spacial score (nSPS) is 22.1. The molecule has 2 N–H and O–H groups in total. The summed E-state index contributed by atoms with van der Waals surface area (Å²) in [5.41, 5.74) is 1.23. The molecule has 0 aromatic heterocycles. The molecule has 0 radical (unpaired) electrons. The second-order valence-electron chi connectivity index (χ2n) is 5.42. The van der Waals surface area contributed by atoms with Crippen molar-refractivity contribution in [3.8, 4) is 0 Å². The zero-order valence-electron chi connectivity index (χ0n) is 12.9. The summed E-state index contributed by atoms with van der Waals surface area (Å²) < 4.78 is 5.70. The summed E-state index contributed by atoms with van der Waals surface area (Å²) in [6, 6.07) is 10.5. The van der Waals surface area contributed by atoms with Gasteiger partial charge in [0.1, 0.15) is 6.23 Å². The maximum absolute atomic E-state index is 11.3. The third kappa shape index (κ3) is 4.86. The van der Waals surface area contributed by atoms with E-state index in [1.54, 1.807) is 0 Å². The fourth-order valence-corrected chi connectivity index (χ4v) is 2.61. The molecule has 0 unspecified atom stereocenters. The Hall–Kier alpha value is -1.85. The molecule has 120 valence electrons. The van der Waals surface area contributed by atoms with Crippen molar-refractivity contribution in [3.63, 3.8) is 0 Å². The summed E-state index contributed by atoms with van der Waals surface area (Å²) >= 11 is 0. The van der Waals surface area contributed by atoms with E-state index in [0.717, 1.165) is 13.0 Å². The summed E-state index contributed by atoms with van der Waals surface area (Å²) in [4.78, 5) is 12.7. The van der Waals surface area contributed by atoms with Crippen LogP contribution in [0.15, 0.2) is 42.5 Å². The van der Waals surface area contributed by atoms with Gasteiger partial charge in [-0.15, -0.1) is 0 Å². The Morgan fingerprint density at radius 1 is 1.45 bits per heavy atom. The van der Waals surface area contributed by atoms with Crippen LogP contribution in [0.4, 0.5) is 4.79 Å². The van der Waals surface area contributed by atoms with Crippen molar-refractivity contribution < 1.29 is 14.6 Å². The maximum Gasteiger partial charge on any atom is 0.409 e. The van der Waals surface area contributed by atoms with Gasteiger partial charge in [0.2, 0.25) is 0 Å². The van der Waals surface area contributed by atoms with Crippen molar-refractivity contribution in [2.45, 2.75) is 38.6 Å². The molecule has 1 fully saturated rings. The van der Waals surface area contributed by atoms with E-state index in [2.05, 4.69) is 17.4 Å². The van der Waals surface area contributed by atoms with Crippen LogP contribution in [0, 0.1) is 0 Å². The van der Waals surface area contributed by atoms with Crippen molar-refractivity contribution in [1.29, 1.82) is 0 Å². The molecule has 2 rings (SSSR count). The molecule has 22 heavy (non-hydrogen) atoms. The average Bonchev–Trinajstić information content (AvgIpc) is 2.54. The number of ether oxygens (including phenoxy) is 1. The SMILES string of the molecule is C/C=C/CO[C@H]1C[C@@H](NCc2ccccc2)CCN1C(=O)O. The molecule has 1 aliphatic rings. The summed E-state index contributed by atoms with van der Waals surface area (Å²) in [7, 11) is 0. The van der Waals surface area contributed by atoms with Crippen LogP contribution in [-0.2, 0) is 11.3 Å². The Labute approximate surface area is 131 Å². The third-order valence-electron chi connectivity index (χ3n) is 3.86. The van der Waals surface area contributed by atoms with Crippen LogP contribution < -0.4 is 5.32 Å². The quantitative estimate of drug-likeness (QED) is 0.793. The number of allylic oxidation sites excluding steroid dienone is 1. The number of hydrogen-bond donors (Lipinski definition) is 2. The van der Waals surface area contributed by atoms with Gasteiger partial charge in [0.25, 0.3) is 0 Å². The lowest BCUT2D eigenvalue weighted by Crippen LogP contribution is -2.51. The van der Waals surface area contributed by atoms with Gasteiger partial charge in [0.05, 0.1) is 6.61 Å². The molecular weight excluding hydrogens is 280 g/mol. The number of rotatable bonds is 6. The standard InChI is InChI=1S/C17H24N2O3/c1-2-3-11-22-16-12-15(9-10-19(16)17(20)21)18-13-14-7-5-4-6-8-14/h2-8,15-16,18H,9-13H2,1H3,(H,20,21)/b3-2+/t15-,16-/m0/s1. The fraction of sp³-hybridized carbons (Fsp3) is 0.471. The van der Waals surface area contributed by atoms with Crippen LogP contribution in [0.1, 0.15) is 25.3 Å². The van der Waals surface area contributed by atoms with E-state index >= 15 is 0 Å². The van der Waals surface area contributed by atoms with Crippen LogP contribution in [-0.4, -0.2) is 41.5 Å². The molecule has 1 heterocycles. The summed E-state index contributed by atoms with van der Waals surface area (Å²) in [6.07, 6.45) is 3.99. The number of carbonyl (C=O) groups is 1. The Morgan fingerprint density at radius 2 is 2.23 bits per heavy atom. The van der Waals surface area contributed by atoms with E-state index in [0.29, 0.717) is 19.6 Å². The lowest BCUT2D eigenvalue weighted by molar-refractivity contribution is -0.0636. The molecule has 0 bridgehead atoms. The van der Waals surface area contributed by atoms with E-state index in [1.165, 1.54) is 10.5 Å². The highest BCUT2D eigenvalue weighted by Gasteiger charge is 2.31. The van der Waals surface area contributed by atoms with Crippen molar-refractivity contribution >= 4 is 6.09 Å². The molecule has 1 aliphatic heterocycles. The zero-order chi connectivity index (χ0) is 15.8. The molecule has 1 aromatic rings. The van der Waals surface area contributed by atoms with Gasteiger partial charge < -0.3 is 15.2 Å². The van der Waals surface area contributed by atoms with Crippen LogP contribution in [0.3, 0.4) is 0 Å². The Kier molecular flexibility index (Phi) is 6.43. The monoisotopic (exact) mass is 304 g/mol. The van der Waals surface area contributed by atoms with E-state index in [9.17, 15) is 9.90 Å². The number of carboxylic acid groups (broad SMARTS) is 1. The van der Waals surface area contributed by atoms with E-state index in [4.69, 9.17) is 4.74 Å². The third-order valence-corrected chi connectivity index (χ3v) is 3.86. The molecule has 2 atom stereocenters. The van der Waals surface area contributed by atoms with Crippen molar-refractivity contribution in [2.75, 3.05) is 13.2 Å². The van der Waals surface area contributed by atoms with E-state index in [-0.39, 0.29) is 12.3 Å². The maximum atomic E-state index is 11.3. The Balaban J connectivity index is 1.87. The predicted octanol–water partition coefficient (Wildman–Crippen LogP) is 2.84. The van der Waals surface area contributed by atoms with Crippen LogP contribution in [0.25, 0.3) is 0 Å². The number of benzene rings is 1. The number of piperidine rings is 1. The van der Waals surface area contributed by atoms with Gasteiger partial charge in [-0.2, -0.15) is 0 Å². The van der Waals surface area contributed by atoms with E-state index in [1.807, 2.05) is 37.3 Å². The molecular formula is C17H24N2O3. The lowest BCUT2D eigenvalue weighted by Gasteiger charge is -2.37. The highest BCUT2D eigenvalue weighted by atomic mass is 16.5. The molecule has 5 nitrogen and oxygen atoms in total. The smallest absolute Gasteiger partial charge is 0.409 e. The number of nitrogens with zero attached hydrogens (tertiary/aromatic N) is 1. The molecule has 0 saturated carbocycles. The van der Waals surface area contributed by atoms with Gasteiger partial charge >= 0.3 is 6.09 Å². The highest BCUT2D eigenvalue weighted by molar-refractivity contribution is 5.65. The Bertz CT molecular complexity index is 490. The minimum Gasteiger partial charge on any atom is -0.465 e. The van der Waals surface area contributed by atoms with Gasteiger partial charge in [-0.1, -0.05) is 42.5 Å². The number of hydrogen-bond acceptors (Lipinski definition) is 3. The predicted molar refractivity (Wildman–Crippen MR) is 85.6 cm³/mol. The van der Waals surface area contributed by atoms with Crippen LogP contribution in [0.2, 0.25) is 0 Å². The van der Waals surface area contributed by atoms with Gasteiger partial charge in [0.15, 0.2) is 0 Å². The fourth-order valence-electron chi connectivity index (χ4n) is 2.61. The molecule has 0 spiro atoms. The largest absolute Gasteiger partial charge is 0.465 e. The second kappa shape index (κ2) is 8.56. The average molecular weight is 304 g/mol. The molecule has 1 saturated heterocycles. The van der Waals surface area contributed by atoms with Crippen molar-refractivity contribution in [1.82, 2.24) is 10.2 Å². The molecule has 1 aromatic carbocycles. The summed E-state index contributed by atoms with van der Waals surface area (Å²) in [5.74, 6) is 0. The minimum absolute atomic E-state index is 0.270. The van der Waals surface area contributed by atoms with Crippen LogP contribution >= 0.6 is 0 Å². The van der Waals surface area contributed by atoms with Crippen LogP contribution in [0.5, 0.6) is 0 Å². The second-order valence-corrected chi connectivity index (χ2v) is 5.42. The number of likely N-dealkylation sites (tertiary alicyclic amines) is 1. The van der Waals surface area contributed by atoms with Gasteiger partial charge in [-0.05, 0) is 18.9 Å². The van der Waals surface area contributed by atoms with Crippen molar-refractivity contribution in [3.05, 3.63) is 48.0 Å². The first-order valence-corrected chi connectivity index (χ1v) is 7.70. The van der Waals surface area contributed by atoms with Gasteiger partial charge in [-0.3, -0.25) is 4.90 Å². The molecule has 1 amide bonds. The lowest BCUT2D eigenvalue weighted by atomic mass is 10.0. The first-order chi connectivity index (χ1) is 10.7.